The maximum Gasteiger partial charge on any atom is 0.313 e. The van der Waals surface area contributed by atoms with Gasteiger partial charge >= 0.3 is 5.97 Å². The van der Waals surface area contributed by atoms with Crippen LogP contribution in [-0.2, 0) is 10.4 Å². The van der Waals surface area contributed by atoms with E-state index in [0.717, 1.165) is 22.9 Å². The number of H-pyrrole nitrogens is 1. The standard InChI is InChI=1S/C19H18N4O5S/c1-19(2,26)14-5-3-11(4-6-14)12-7-13(9-15(8-12)23(27)28)17-20-18(22-21-17)29-10-16(24)25/h3-9,26H,10H2,1-2H3,(H,24,25)(H,20,21,22). The van der Waals surface area contributed by atoms with E-state index in [-0.39, 0.29) is 11.4 Å². The van der Waals surface area contributed by atoms with Crippen molar-refractivity contribution in [3.05, 3.63) is 58.1 Å². The fourth-order valence-electron chi connectivity index (χ4n) is 2.66. The van der Waals surface area contributed by atoms with Crippen molar-refractivity contribution in [2.75, 3.05) is 5.75 Å². The molecule has 0 unspecified atom stereocenters. The summed E-state index contributed by atoms with van der Waals surface area (Å²) in [7, 11) is 0. The summed E-state index contributed by atoms with van der Waals surface area (Å²) in [4.78, 5) is 24.5. The first kappa shape index (κ1) is 20.5. The van der Waals surface area contributed by atoms with E-state index in [1.165, 1.54) is 12.1 Å². The molecule has 0 aliphatic rings. The van der Waals surface area contributed by atoms with Gasteiger partial charge in [-0.2, -0.15) is 0 Å². The van der Waals surface area contributed by atoms with Gasteiger partial charge in [-0.15, -0.1) is 10.2 Å². The molecule has 0 spiro atoms. The number of nitrogens with zero attached hydrogens (tertiary/aromatic N) is 3. The first-order valence-corrected chi connectivity index (χ1v) is 9.52. The molecule has 3 N–H and O–H groups in total. The highest BCUT2D eigenvalue weighted by molar-refractivity contribution is 7.99. The summed E-state index contributed by atoms with van der Waals surface area (Å²) < 4.78 is 0. The Kier molecular flexibility index (Phi) is 5.66. The van der Waals surface area contributed by atoms with Crippen molar-refractivity contribution in [2.24, 2.45) is 0 Å². The molecule has 0 aliphatic carbocycles. The molecule has 0 saturated heterocycles. The topological polar surface area (TPSA) is 142 Å². The number of nitro benzene ring substituents is 1. The lowest BCUT2D eigenvalue weighted by molar-refractivity contribution is -0.384. The van der Waals surface area contributed by atoms with Gasteiger partial charge in [0.1, 0.15) is 0 Å². The Morgan fingerprint density at radius 3 is 2.38 bits per heavy atom. The van der Waals surface area contributed by atoms with Crippen molar-refractivity contribution in [2.45, 2.75) is 24.6 Å². The molecule has 29 heavy (non-hydrogen) atoms. The third kappa shape index (κ3) is 4.98. The number of non-ortho nitro benzene ring substituents is 1. The largest absolute Gasteiger partial charge is 0.481 e. The first-order valence-electron chi connectivity index (χ1n) is 8.54. The van der Waals surface area contributed by atoms with Crippen LogP contribution >= 0.6 is 11.8 Å². The Labute approximate surface area is 170 Å². The summed E-state index contributed by atoms with van der Waals surface area (Å²) >= 11 is 0.973. The molecule has 0 saturated carbocycles. The Hall–Kier alpha value is -3.24. The lowest BCUT2D eigenvalue weighted by Gasteiger charge is -2.18. The molecule has 0 fully saturated rings. The number of nitro groups is 1. The average Bonchev–Trinajstić information content (AvgIpc) is 3.14. The number of thioether (sulfide) groups is 1. The Balaban J connectivity index is 1.99. The molecule has 10 heteroatoms. The third-order valence-electron chi connectivity index (χ3n) is 4.13. The molecule has 0 radical (unpaired) electrons. The number of rotatable bonds is 7. The number of nitrogens with one attached hydrogen (secondary N) is 1. The molecular weight excluding hydrogens is 396 g/mol. The van der Waals surface area contributed by atoms with E-state index in [1.807, 2.05) is 0 Å². The van der Waals surface area contributed by atoms with Gasteiger partial charge in [0, 0.05) is 17.7 Å². The lowest BCUT2D eigenvalue weighted by Crippen LogP contribution is -2.14. The van der Waals surface area contributed by atoms with Crippen molar-refractivity contribution in [3.63, 3.8) is 0 Å². The molecule has 0 aliphatic heterocycles. The van der Waals surface area contributed by atoms with E-state index in [0.29, 0.717) is 22.1 Å². The molecule has 150 valence electrons. The number of carboxylic acids is 1. The van der Waals surface area contributed by atoms with Crippen LogP contribution in [0.2, 0.25) is 0 Å². The fraction of sp³-hybridized carbons (Fsp3) is 0.211. The number of aromatic nitrogens is 3. The maximum absolute atomic E-state index is 11.4. The van der Waals surface area contributed by atoms with Gasteiger partial charge < -0.3 is 15.2 Å². The van der Waals surface area contributed by atoms with Crippen molar-refractivity contribution in [1.29, 1.82) is 0 Å². The third-order valence-corrected chi connectivity index (χ3v) is 4.97. The number of carbonyl (C=O) groups is 1. The van der Waals surface area contributed by atoms with E-state index < -0.39 is 16.5 Å². The van der Waals surface area contributed by atoms with Crippen LogP contribution in [0.5, 0.6) is 0 Å². The van der Waals surface area contributed by atoms with Crippen LogP contribution in [0.3, 0.4) is 0 Å². The van der Waals surface area contributed by atoms with E-state index in [9.17, 15) is 20.0 Å². The van der Waals surface area contributed by atoms with Crippen molar-refractivity contribution >= 4 is 23.4 Å². The second kappa shape index (κ2) is 8.02. The highest BCUT2D eigenvalue weighted by Crippen LogP contribution is 2.32. The van der Waals surface area contributed by atoms with E-state index in [4.69, 9.17) is 5.11 Å². The van der Waals surface area contributed by atoms with Gasteiger partial charge in [-0.3, -0.25) is 14.9 Å². The summed E-state index contributed by atoms with van der Waals surface area (Å²) in [6.07, 6.45) is 0. The van der Waals surface area contributed by atoms with Gasteiger partial charge in [-0.25, -0.2) is 0 Å². The number of benzene rings is 2. The van der Waals surface area contributed by atoms with Crippen LogP contribution in [0.4, 0.5) is 5.69 Å². The van der Waals surface area contributed by atoms with Gasteiger partial charge in [0.25, 0.3) is 5.69 Å². The predicted molar refractivity (Wildman–Crippen MR) is 108 cm³/mol. The smallest absolute Gasteiger partial charge is 0.313 e. The van der Waals surface area contributed by atoms with Crippen molar-refractivity contribution < 1.29 is 19.9 Å². The molecule has 0 bridgehead atoms. The Bertz CT molecular complexity index is 1060. The van der Waals surface area contributed by atoms with Gasteiger partial charge in [0.05, 0.1) is 16.3 Å². The fourth-order valence-corrected chi connectivity index (χ4v) is 3.19. The second-order valence-electron chi connectivity index (χ2n) is 6.82. The van der Waals surface area contributed by atoms with Gasteiger partial charge in [0.2, 0.25) is 0 Å². The quantitative estimate of drug-likeness (QED) is 0.303. The molecule has 3 rings (SSSR count). The molecule has 0 amide bonds. The average molecular weight is 414 g/mol. The van der Waals surface area contributed by atoms with E-state index >= 15 is 0 Å². The van der Waals surface area contributed by atoms with Crippen molar-refractivity contribution in [3.8, 4) is 22.5 Å². The number of aromatic amines is 1. The summed E-state index contributed by atoms with van der Waals surface area (Å²) in [5.41, 5.74) is 1.42. The summed E-state index contributed by atoms with van der Waals surface area (Å²) in [5.74, 6) is -0.862. The van der Waals surface area contributed by atoms with Gasteiger partial charge in [-0.05, 0) is 36.6 Å². The summed E-state index contributed by atoms with van der Waals surface area (Å²) in [6.45, 7) is 3.36. The maximum atomic E-state index is 11.4. The summed E-state index contributed by atoms with van der Waals surface area (Å²) in [5, 5.41) is 38.4. The molecule has 1 heterocycles. The number of carboxylic acid groups (broad SMARTS) is 1. The second-order valence-corrected chi connectivity index (χ2v) is 7.79. The lowest BCUT2D eigenvalue weighted by atomic mass is 9.95. The number of hydrogen-bond donors (Lipinski definition) is 3. The minimum absolute atomic E-state index is 0.111. The Morgan fingerprint density at radius 1 is 1.14 bits per heavy atom. The molecule has 0 atom stereocenters. The van der Waals surface area contributed by atoms with Crippen LogP contribution in [0.15, 0.2) is 47.6 Å². The van der Waals surface area contributed by atoms with Crippen LogP contribution in [0.25, 0.3) is 22.5 Å². The molecule has 9 nitrogen and oxygen atoms in total. The highest BCUT2D eigenvalue weighted by Gasteiger charge is 2.18. The van der Waals surface area contributed by atoms with E-state index in [1.54, 1.807) is 44.2 Å². The highest BCUT2D eigenvalue weighted by atomic mass is 32.2. The number of aliphatic carboxylic acids is 1. The van der Waals surface area contributed by atoms with Crippen LogP contribution < -0.4 is 0 Å². The number of hydrogen-bond acceptors (Lipinski definition) is 7. The molecule has 3 aromatic rings. The zero-order chi connectivity index (χ0) is 21.2. The predicted octanol–water partition coefficient (Wildman–Crippen LogP) is 3.45. The van der Waals surface area contributed by atoms with Gasteiger partial charge in [-0.1, -0.05) is 36.0 Å². The van der Waals surface area contributed by atoms with Crippen LogP contribution in [0, 0.1) is 10.1 Å². The molecule has 1 aromatic heterocycles. The molecular formula is C19H18N4O5S. The van der Waals surface area contributed by atoms with Crippen molar-refractivity contribution in [1.82, 2.24) is 15.2 Å². The van der Waals surface area contributed by atoms with Gasteiger partial charge in [0.15, 0.2) is 11.0 Å². The first-order chi connectivity index (χ1) is 13.6. The monoisotopic (exact) mass is 414 g/mol. The zero-order valence-electron chi connectivity index (χ0n) is 15.6. The van der Waals surface area contributed by atoms with Crippen LogP contribution in [0.1, 0.15) is 19.4 Å². The Morgan fingerprint density at radius 2 is 1.79 bits per heavy atom. The SMILES string of the molecule is CC(C)(O)c1ccc(-c2cc(-c3nnc(SCC(=O)O)[nH]3)cc([N+](=O)[O-])c2)cc1. The van der Waals surface area contributed by atoms with Crippen LogP contribution in [-0.4, -0.2) is 42.0 Å². The number of aliphatic hydroxyl groups is 1. The summed E-state index contributed by atoms with van der Waals surface area (Å²) in [6, 6.07) is 11.7. The molecule has 2 aromatic carbocycles. The minimum atomic E-state index is -0.990. The van der Waals surface area contributed by atoms with E-state index in [2.05, 4.69) is 15.2 Å². The normalized spacial score (nSPS) is 11.4. The minimum Gasteiger partial charge on any atom is -0.481 e. The zero-order valence-corrected chi connectivity index (χ0v) is 16.4.